The van der Waals surface area contributed by atoms with Gasteiger partial charge >= 0.3 is 0 Å². The second-order valence-corrected chi connectivity index (χ2v) is 6.48. The van der Waals surface area contributed by atoms with Crippen LogP contribution in [-0.4, -0.2) is 50.3 Å². The average Bonchev–Trinajstić information content (AvgIpc) is 3.28. The highest BCUT2D eigenvalue weighted by Crippen LogP contribution is 2.26. The second-order valence-electron chi connectivity index (χ2n) is 6.48. The zero-order valence-electron chi connectivity index (χ0n) is 14.1. The van der Waals surface area contributed by atoms with Crippen molar-refractivity contribution in [2.45, 2.75) is 12.8 Å². The van der Waals surface area contributed by atoms with Gasteiger partial charge in [0.05, 0.1) is 17.1 Å². The molecule has 0 aromatic carbocycles. The van der Waals surface area contributed by atoms with Gasteiger partial charge in [0.2, 0.25) is 0 Å². The molecule has 0 unspecified atom stereocenters. The molecule has 130 valence electrons. The topological polar surface area (TPSA) is 91.7 Å². The van der Waals surface area contributed by atoms with Crippen LogP contribution in [-0.2, 0) is 7.05 Å². The Labute approximate surface area is 145 Å². The Morgan fingerprint density at radius 1 is 1.36 bits per heavy atom. The standard InChI is InChI=1S/C17H21N7O/c1-23-10-13(9-22-23)17(25)19-8-12-3-6-24(7-4-12)16-14-2-5-18-15(14)20-11-21-16/h2,5,9-12H,3-4,6-8H2,1H3,(H,19,25)(H,18,20,21). The van der Waals surface area contributed by atoms with Crippen LogP contribution in [0.25, 0.3) is 11.0 Å². The van der Waals surface area contributed by atoms with Crippen molar-refractivity contribution in [3.8, 4) is 0 Å². The molecule has 0 saturated carbocycles. The van der Waals surface area contributed by atoms with Crippen molar-refractivity contribution >= 4 is 22.8 Å². The molecule has 0 radical (unpaired) electrons. The molecular weight excluding hydrogens is 318 g/mol. The molecule has 1 aliphatic heterocycles. The number of rotatable bonds is 4. The lowest BCUT2D eigenvalue weighted by molar-refractivity contribution is 0.0945. The Hall–Kier alpha value is -2.90. The SMILES string of the molecule is Cn1cc(C(=O)NCC2CCN(c3ncnc4[nH]ccc34)CC2)cn1. The van der Waals surface area contributed by atoms with Gasteiger partial charge in [-0.25, -0.2) is 9.97 Å². The minimum atomic E-state index is -0.0552. The lowest BCUT2D eigenvalue weighted by atomic mass is 9.96. The second kappa shape index (κ2) is 6.54. The number of aryl methyl sites for hydroxylation is 1. The molecule has 8 heteroatoms. The molecule has 1 saturated heterocycles. The molecule has 2 N–H and O–H groups in total. The highest BCUT2D eigenvalue weighted by atomic mass is 16.1. The number of carbonyl (C=O) groups is 1. The number of anilines is 1. The molecule has 0 bridgehead atoms. The Balaban J connectivity index is 1.32. The van der Waals surface area contributed by atoms with Crippen molar-refractivity contribution < 1.29 is 4.79 Å². The normalized spacial score (nSPS) is 15.6. The number of hydrogen-bond donors (Lipinski definition) is 2. The van der Waals surface area contributed by atoms with Crippen LogP contribution in [0.2, 0.25) is 0 Å². The van der Waals surface area contributed by atoms with E-state index in [1.165, 1.54) is 0 Å². The highest BCUT2D eigenvalue weighted by molar-refractivity contribution is 5.93. The maximum absolute atomic E-state index is 12.1. The van der Waals surface area contributed by atoms with Gasteiger partial charge in [-0.3, -0.25) is 9.48 Å². The third-order valence-electron chi connectivity index (χ3n) is 4.77. The minimum absolute atomic E-state index is 0.0552. The number of carbonyl (C=O) groups excluding carboxylic acids is 1. The van der Waals surface area contributed by atoms with E-state index in [-0.39, 0.29) is 5.91 Å². The van der Waals surface area contributed by atoms with Crippen molar-refractivity contribution in [2.24, 2.45) is 13.0 Å². The molecule has 4 rings (SSSR count). The van der Waals surface area contributed by atoms with E-state index in [9.17, 15) is 4.79 Å². The van der Waals surface area contributed by atoms with Crippen LogP contribution < -0.4 is 10.2 Å². The highest BCUT2D eigenvalue weighted by Gasteiger charge is 2.22. The molecule has 0 spiro atoms. The van der Waals surface area contributed by atoms with E-state index in [0.717, 1.165) is 42.8 Å². The predicted octanol–water partition coefficient (Wildman–Crippen LogP) is 1.34. The fourth-order valence-corrected chi connectivity index (χ4v) is 3.34. The Morgan fingerprint density at radius 2 is 2.20 bits per heavy atom. The molecule has 4 heterocycles. The van der Waals surface area contributed by atoms with Crippen LogP contribution >= 0.6 is 0 Å². The number of aromatic nitrogens is 5. The molecule has 8 nitrogen and oxygen atoms in total. The molecule has 0 aliphatic carbocycles. The zero-order valence-corrected chi connectivity index (χ0v) is 14.1. The van der Waals surface area contributed by atoms with E-state index in [1.54, 1.807) is 30.5 Å². The summed E-state index contributed by atoms with van der Waals surface area (Å²) in [4.78, 5) is 26.2. The number of nitrogens with one attached hydrogen (secondary N) is 2. The zero-order chi connectivity index (χ0) is 17.2. The molecule has 3 aromatic heterocycles. The van der Waals surface area contributed by atoms with Crippen LogP contribution in [0.4, 0.5) is 5.82 Å². The number of piperidine rings is 1. The first-order valence-electron chi connectivity index (χ1n) is 8.50. The summed E-state index contributed by atoms with van der Waals surface area (Å²) >= 11 is 0. The van der Waals surface area contributed by atoms with Crippen molar-refractivity contribution in [1.82, 2.24) is 30.0 Å². The lowest BCUT2D eigenvalue weighted by Crippen LogP contribution is -2.39. The van der Waals surface area contributed by atoms with E-state index in [4.69, 9.17) is 0 Å². The smallest absolute Gasteiger partial charge is 0.254 e. The number of hydrogen-bond acceptors (Lipinski definition) is 5. The average molecular weight is 339 g/mol. The Bertz CT molecular complexity index is 876. The van der Waals surface area contributed by atoms with Gasteiger partial charge in [0, 0.05) is 39.1 Å². The van der Waals surface area contributed by atoms with Gasteiger partial charge in [0.25, 0.3) is 5.91 Å². The molecule has 1 amide bonds. The van der Waals surface area contributed by atoms with Crippen LogP contribution in [0, 0.1) is 5.92 Å². The van der Waals surface area contributed by atoms with Crippen molar-refractivity contribution in [2.75, 3.05) is 24.5 Å². The molecule has 3 aromatic rings. The summed E-state index contributed by atoms with van der Waals surface area (Å²) in [5.41, 5.74) is 1.48. The van der Waals surface area contributed by atoms with Gasteiger partial charge in [-0.05, 0) is 24.8 Å². The summed E-state index contributed by atoms with van der Waals surface area (Å²) in [6.07, 6.45) is 8.88. The van der Waals surface area contributed by atoms with Crippen molar-refractivity contribution in [3.05, 3.63) is 36.5 Å². The van der Waals surface area contributed by atoms with E-state index < -0.39 is 0 Å². The van der Waals surface area contributed by atoms with Gasteiger partial charge < -0.3 is 15.2 Å². The van der Waals surface area contributed by atoms with Gasteiger partial charge in [-0.2, -0.15) is 5.10 Å². The third kappa shape index (κ3) is 3.19. The predicted molar refractivity (Wildman–Crippen MR) is 94.4 cm³/mol. The van der Waals surface area contributed by atoms with E-state index in [1.807, 2.05) is 12.3 Å². The summed E-state index contributed by atoms with van der Waals surface area (Å²) in [5.74, 6) is 1.42. The molecule has 25 heavy (non-hydrogen) atoms. The maximum Gasteiger partial charge on any atom is 0.254 e. The van der Waals surface area contributed by atoms with Crippen molar-refractivity contribution in [1.29, 1.82) is 0 Å². The third-order valence-corrected chi connectivity index (χ3v) is 4.77. The largest absolute Gasteiger partial charge is 0.356 e. The van der Waals surface area contributed by atoms with Gasteiger partial charge in [-0.1, -0.05) is 0 Å². The summed E-state index contributed by atoms with van der Waals surface area (Å²) in [7, 11) is 1.81. The Morgan fingerprint density at radius 3 is 2.96 bits per heavy atom. The van der Waals surface area contributed by atoms with Gasteiger partial charge in [-0.15, -0.1) is 0 Å². The Kier molecular flexibility index (Phi) is 4.09. The fraction of sp³-hybridized carbons (Fsp3) is 0.412. The maximum atomic E-state index is 12.1. The molecule has 1 fully saturated rings. The van der Waals surface area contributed by atoms with E-state index in [0.29, 0.717) is 18.0 Å². The molecule has 1 aliphatic rings. The number of amides is 1. The summed E-state index contributed by atoms with van der Waals surface area (Å²) in [6.45, 7) is 2.57. The number of H-pyrrole nitrogens is 1. The summed E-state index contributed by atoms with van der Waals surface area (Å²) in [6, 6.07) is 2.02. The van der Waals surface area contributed by atoms with Gasteiger partial charge in [0.15, 0.2) is 0 Å². The number of aromatic amines is 1. The van der Waals surface area contributed by atoms with Crippen LogP contribution in [0.5, 0.6) is 0 Å². The number of nitrogens with zero attached hydrogens (tertiary/aromatic N) is 5. The lowest BCUT2D eigenvalue weighted by Gasteiger charge is -2.33. The first-order valence-corrected chi connectivity index (χ1v) is 8.50. The van der Waals surface area contributed by atoms with Crippen LogP contribution in [0.1, 0.15) is 23.2 Å². The van der Waals surface area contributed by atoms with Gasteiger partial charge in [0.1, 0.15) is 17.8 Å². The van der Waals surface area contributed by atoms with Crippen LogP contribution in [0.15, 0.2) is 31.0 Å². The minimum Gasteiger partial charge on any atom is -0.356 e. The first kappa shape index (κ1) is 15.6. The summed E-state index contributed by atoms with van der Waals surface area (Å²) < 4.78 is 1.64. The fourth-order valence-electron chi connectivity index (χ4n) is 3.34. The van der Waals surface area contributed by atoms with E-state index in [2.05, 4.69) is 30.3 Å². The van der Waals surface area contributed by atoms with E-state index >= 15 is 0 Å². The number of fused-ring (bicyclic) bond motifs is 1. The van der Waals surface area contributed by atoms with Crippen LogP contribution in [0.3, 0.4) is 0 Å². The van der Waals surface area contributed by atoms with Crippen molar-refractivity contribution in [3.63, 3.8) is 0 Å². The monoisotopic (exact) mass is 339 g/mol. The first-order chi connectivity index (χ1) is 12.2. The molecule has 0 atom stereocenters. The molecular formula is C17H21N7O. The quantitative estimate of drug-likeness (QED) is 0.748. The summed E-state index contributed by atoms with van der Waals surface area (Å²) in [5, 5.41) is 8.11.